The number of hydrogen-bond donors (Lipinski definition) is 6. The van der Waals surface area contributed by atoms with Crippen LogP contribution in [0.25, 0.3) is 0 Å². The Morgan fingerprint density at radius 2 is 1.41 bits per heavy atom. The van der Waals surface area contributed by atoms with Crippen LogP contribution in [0.15, 0.2) is 30.3 Å². The van der Waals surface area contributed by atoms with Crippen molar-refractivity contribution in [2.24, 2.45) is 11.7 Å². The largest absolute Gasteiger partial charge is 0.356 e. The lowest BCUT2D eigenvalue weighted by Gasteiger charge is -2.24. The van der Waals surface area contributed by atoms with Crippen molar-refractivity contribution in [1.82, 2.24) is 26.6 Å². The van der Waals surface area contributed by atoms with Gasteiger partial charge in [0.25, 0.3) is 0 Å². The van der Waals surface area contributed by atoms with E-state index in [1.165, 1.54) is 6.42 Å². The fourth-order valence-electron chi connectivity index (χ4n) is 4.83. The molecule has 0 bridgehead atoms. The predicted molar refractivity (Wildman–Crippen MR) is 157 cm³/mol. The Morgan fingerprint density at radius 1 is 0.769 bits per heavy atom. The summed E-state index contributed by atoms with van der Waals surface area (Å²) < 4.78 is 0. The summed E-state index contributed by atoms with van der Waals surface area (Å²) in [5.74, 6) is -0.191. The predicted octanol–water partition coefficient (Wildman–Crippen LogP) is 2.01. The molecule has 1 aromatic rings. The Morgan fingerprint density at radius 3 is 2.10 bits per heavy atom. The van der Waals surface area contributed by atoms with Gasteiger partial charge in [0.05, 0.1) is 6.42 Å². The summed E-state index contributed by atoms with van der Waals surface area (Å²) in [7, 11) is 0. The normalized spacial score (nSPS) is 14.5. The summed E-state index contributed by atoms with van der Waals surface area (Å²) >= 11 is 0. The minimum atomic E-state index is -0.579. The van der Waals surface area contributed by atoms with Crippen molar-refractivity contribution >= 4 is 17.7 Å². The van der Waals surface area contributed by atoms with Gasteiger partial charge in [-0.25, -0.2) is 0 Å². The molecule has 3 amide bonds. The van der Waals surface area contributed by atoms with Crippen LogP contribution in [0.3, 0.4) is 0 Å². The Balaban J connectivity index is 1.66. The van der Waals surface area contributed by atoms with Gasteiger partial charge in [-0.05, 0) is 89.7 Å². The van der Waals surface area contributed by atoms with Crippen molar-refractivity contribution in [2.45, 2.75) is 83.1 Å². The lowest BCUT2D eigenvalue weighted by molar-refractivity contribution is -0.132. The van der Waals surface area contributed by atoms with E-state index in [-0.39, 0.29) is 23.6 Å². The highest BCUT2D eigenvalue weighted by molar-refractivity contribution is 5.88. The Kier molecular flexibility index (Phi) is 17.9. The van der Waals surface area contributed by atoms with Gasteiger partial charge < -0.3 is 32.3 Å². The van der Waals surface area contributed by atoms with Crippen LogP contribution >= 0.6 is 0 Å². The first-order valence-electron chi connectivity index (χ1n) is 15.1. The fourth-order valence-corrected chi connectivity index (χ4v) is 4.83. The zero-order valence-corrected chi connectivity index (χ0v) is 23.8. The van der Waals surface area contributed by atoms with Gasteiger partial charge in [0.2, 0.25) is 17.7 Å². The smallest absolute Gasteiger partial charge is 0.242 e. The maximum atomic E-state index is 13.0. The number of hydrogen-bond acceptors (Lipinski definition) is 6. The summed E-state index contributed by atoms with van der Waals surface area (Å²) in [6.07, 6.45) is 10.6. The van der Waals surface area contributed by atoms with Crippen molar-refractivity contribution in [3.05, 3.63) is 35.9 Å². The Labute approximate surface area is 235 Å². The Hall–Kier alpha value is -2.49. The van der Waals surface area contributed by atoms with E-state index in [9.17, 15) is 14.4 Å². The monoisotopic (exact) mass is 544 g/mol. The summed E-state index contributed by atoms with van der Waals surface area (Å²) in [6, 6.07) is 9.05. The van der Waals surface area contributed by atoms with Gasteiger partial charge in [-0.15, -0.1) is 0 Å². The highest BCUT2D eigenvalue weighted by atomic mass is 16.2. The van der Waals surface area contributed by atoms with E-state index in [0.717, 1.165) is 89.7 Å². The van der Waals surface area contributed by atoms with E-state index in [1.807, 2.05) is 30.3 Å². The molecule has 9 nitrogen and oxygen atoms in total. The van der Waals surface area contributed by atoms with Crippen LogP contribution < -0.4 is 32.3 Å². The van der Waals surface area contributed by atoms with Gasteiger partial charge in [-0.1, -0.05) is 49.6 Å². The number of unbranched alkanes of at least 4 members (excludes halogenated alkanes) is 1. The maximum absolute atomic E-state index is 13.0. The SMILES string of the molecule is NCCCNCCCCNCCCNC(=O)[C@H](CCCNC(=O)Cc1ccccc1)NC(=O)C1CCCCC1. The average molecular weight is 545 g/mol. The summed E-state index contributed by atoms with van der Waals surface area (Å²) in [4.78, 5) is 38.1. The number of rotatable bonds is 21. The van der Waals surface area contributed by atoms with E-state index >= 15 is 0 Å². The molecule has 1 aliphatic carbocycles. The molecule has 1 fully saturated rings. The highest BCUT2D eigenvalue weighted by Gasteiger charge is 2.26. The van der Waals surface area contributed by atoms with Crippen LogP contribution in [0.5, 0.6) is 0 Å². The number of amides is 3. The molecule has 0 heterocycles. The molecule has 1 saturated carbocycles. The topological polar surface area (TPSA) is 137 Å². The number of carbonyl (C=O) groups excluding carboxylic acids is 3. The first-order valence-corrected chi connectivity index (χ1v) is 15.1. The van der Waals surface area contributed by atoms with Crippen molar-refractivity contribution in [1.29, 1.82) is 0 Å². The molecule has 2 rings (SSSR count). The molecule has 9 heteroatoms. The average Bonchev–Trinajstić information content (AvgIpc) is 2.96. The van der Waals surface area contributed by atoms with Gasteiger partial charge in [0, 0.05) is 19.0 Å². The quantitative estimate of drug-likeness (QED) is 0.131. The number of nitrogens with one attached hydrogen (secondary N) is 5. The molecule has 39 heavy (non-hydrogen) atoms. The second-order valence-corrected chi connectivity index (χ2v) is 10.5. The van der Waals surface area contributed by atoms with Crippen molar-refractivity contribution in [3.8, 4) is 0 Å². The van der Waals surface area contributed by atoms with E-state index in [1.54, 1.807) is 0 Å². The molecule has 1 aliphatic rings. The summed E-state index contributed by atoms with van der Waals surface area (Å²) in [5, 5.41) is 15.8. The number of nitrogens with two attached hydrogens (primary N) is 1. The first kappa shape index (κ1) is 32.7. The van der Waals surface area contributed by atoms with Crippen LogP contribution in [0, 0.1) is 5.92 Å². The molecule has 0 saturated heterocycles. The summed E-state index contributed by atoms with van der Waals surface area (Å²) in [5.41, 5.74) is 6.46. The van der Waals surface area contributed by atoms with Crippen LogP contribution in [0.2, 0.25) is 0 Å². The van der Waals surface area contributed by atoms with Crippen LogP contribution in [0.4, 0.5) is 0 Å². The molecule has 220 valence electrons. The van der Waals surface area contributed by atoms with E-state index in [4.69, 9.17) is 5.73 Å². The second-order valence-electron chi connectivity index (χ2n) is 10.5. The molecule has 7 N–H and O–H groups in total. The zero-order valence-electron chi connectivity index (χ0n) is 23.8. The third-order valence-electron chi connectivity index (χ3n) is 7.15. The number of carbonyl (C=O) groups is 3. The minimum absolute atomic E-state index is 0.000290. The van der Waals surface area contributed by atoms with Crippen LogP contribution in [-0.2, 0) is 20.8 Å². The summed E-state index contributed by atoms with van der Waals surface area (Å²) in [6.45, 7) is 5.57. The van der Waals surface area contributed by atoms with E-state index in [2.05, 4.69) is 26.6 Å². The fraction of sp³-hybridized carbons (Fsp3) is 0.700. The highest BCUT2D eigenvalue weighted by Crippen LogP contribution is 2.23. The van der Waals surface area contributed by atoms with E-state index < -0.39 is 6.04 Å². The number of benzene rings is 1. The third kappa shape index (κ3) is 15.6. The maximum Gasteiger partial charge on any atom is 0.242 e. The van der Waals surface area contributed by atoms with Crippen LogP contribution in [0.1, 0.15) is 76.2 Å². The molecular weight excluding hydrogens is 492 g/mol. The lowest BCUT2D eigenvalue weighted by atomic mass is 9.88. The Bertz CT molecular complexity index is 801. The van der Waals surface area contributed by atoms with Crippen molar-refractivity contribution < 1.29 is 14.4 Å². The zero-order chi connectivity index (χ0) is 28.0. The van der Waals surface area contributed by atoms with Gasteiger partial charge in [-0.3, -0.25) is 14.4 Å². The van der Waals surface area contributed by atoms with Gasteiger partial charge in [0.1, 0.15) is 6.04 Å². The van der Waals surface area contributed by atoms with E-state index in [0.29, 0.717) is 32.4 Å². The van der Waals surface area contributed by atoms with Gasteiger partial charge in [-0.2, -0.15) is 0 Å². The molecular formula is C30H52N6O3. The molecule has 1 atom stereocenters. The molecule has 0 radical (unpaired) electrons. The molecule has 0 unspecified atom stereocenters. The molecule has 0 aliphatic heterocycles. The molecule has 0 spiro atoms. The van der Waals surface area contributed by atoms with Crippen molar-refractivity contribution in [3.63, 3.8) is 0 Å². The molecule has 1 aromatic carbocycles. The van der Waals surface area contributed by atoms with Gasteiger partial charge >= 0.3 is 0 Å². The molecule has 0 aromatic heterocycles. The lowest BCUT2D eigenvalue weighted by Crippen LogP contribution is -2.49. The second kappa shape index (κ2) is 21.3. The van der Waals surface area contributed by atoms with Gasteiger partial charge in [0.15, 0.2) is 0 Å². The first-order chi connectivity index (χ1) is 19.1. The third-order valence-corrected chi connectivity index (χ3v) is 7.15. The minimum Gasteiger partial charge on any atom is -0.356 e. The standard InChI is InChI=1S/C30H52N6O3/c31-17-10-20-32-18-7-8-19-33-21-11-23-35-30(39)27(36-29(38)26-14-5-2-6-15-26)16-9-22-34-28(37)24-25-12-3-1-4-13-25/h1,3-4,12-13,26-27,32-33H,2,5-11,14-24,31H2,(H,34,37)(H,35,39)(H,36,38)/t27-/m0/s1. The van der Waals surface area contributed by atoms with Crippen LogP contribution in [-0.4, -0.2) is 69.6 Å². The van der Waals surface area contributed by atoms with Crippen molar-refractivity contribution in [2.75, 3.05) is 45.8 Å².